The predicted octanol–water partition coefficient (Wildman–Crippen LogP) is -1.51. The van der Waals surface area contributed by atoms with Crippen molar-refractivity contribution in [3.8, 4) is 0 Å². The molecule has 5 N–H and O–H groups in total. The summed E-state index contributed by atoms with van der Waals surface area (Å²) < 4.78 is 48.5. The Morgan fingerprint density at radius 2 is 0.579 bits per heavy atom. The van der Waals surface area contributed by atoms with E-state index < -0.39 is 0 Å². The number of rotatable bonds is 35. The molecule has 0 fully saturated rings. The van der Waals surface area contributed by atoms with Crippen LogP contribution in [0.4, 0.5) is 0 Å². The van der Waals surface area contributed by atoms with E-state index in [1.165, 1.54) is 0 Å². The standard InChI is InChI=1S/C25H56N4O9/c1-30-10-3-27-4-11-32-12-5-28-6-13-33-14-7-29-8-15-34-17-19-36-21-23-38-25-24-37-22-20-35-18-16-31-9-2-26/h27-29H,2-26H2,1H3. The number of hydrogen-bond donors (Lipinski definition) is 4. The van der Waals surface area contributed by atoms with Crippen LogP contribution < -0.4 is 21.7 Å². The molecule has 0 unspecified atom stereocenters. The van der Waals surface area contributed by atoms with E-state index in [-0.39, 0.29) is 0 Å². The van der Waals surface area contributed by atoms with Gasteiger partial charge in [0.15, 0.2) is 0 Å². The largest absolute Gasteiger partial charge is 0.383 e. The van der Waals surface area contributed by atoms with Crippen LogP contribution in [0.15, 0.2) is 0 Å². The average molecular weight is 557 g/mol. The number of ether oxygens (including phenoxy) is 9. The van der Waals surface area contributed by atoms with Crippen LogP contribution in [0.3, 0.4) is 0 Å². The third-order valence-corrected chi connectivity index (χ3v) is 4.72. The van der Waals surface area contributed by atoms with E-state index in [9.17, 15) is 0 Å². The first kappa shape index (κ1) is 37.5. The maximum absolute atomic E-state index is 5.58. The maximum Gasteiger partial charge on any atom is 0.0701 e. The van der Waals surface area contributed by atoms with Crippen molar-refractivity contribution >= 4 is 0 Å². The van der Waals surface area contributed by atoms with Crippen molar-refractivity contribution in [2.24, 2.45) is 5.73 Å². The molecule has 0 aromatic carbocycles. The number of methoxy groups -OCH3 is 1. The fraction of sp³-hybridized carbons (Fsp3) is 1.00. The molecule has 230 valence electrons. The highest BCUT2D eigenvalue weighted by atomic mass is 16.6. The molecule has 0 atom stereocenters. The molecule has 13 heteroatoms. The van der Waals surface area contributed by atoms with Gasteiger partial charge in [-0.1, -0.05) is 0 Å². The van der Waals surface area contributed by atoms with Gasteiger partial charge in [0, 0.05) is 52.9 Å². The van der Waals surface area contributed by atoms with Crippen LogP contribution in [-0.4, -0.2) is 165 Å². The van der Waals surface area contributed by atoms with Crippen molar-refractivity contribution in [2.45, 2.75) is 0 Å². The van der Waals surface area contributed by atoms with E-state index in [0.29, 0.717) is 112 Å². The minimum Gasteiger partial charge on any atom is -0.383 e. The van der Waals surface area contributed by atoms with E-state index >= 15 is 0 Å². The van der Waals surface area contributed by atoms with Gasteiger partial charge in [0.1, 0.15) is 0 Å². The zero-order valence-corrected chi connectivity index (χ0v) is 23.7. The van der Waals surface area contributed by atoms with Crippen LogP contribution in [0.5, 0.6) is 0 Å². The van der Waals surface area contributed by atoms with Crippen molar-refractivity contribution in [1.29, 1.82) is 0 Å². The van der Waals surface area contributed by atoms with E-state index in [1.54, 1.807) is 7.11 Å². The number of hydrogen-bond acceptors (Lipinski definition) is 13. The topological polar surface area (TPSA) is 145 Å². The molecule has 0 aliphatic carbocycles. The highest BCUT2D eigenvalue weighted by Crippen LogP contribution is 1.84. The van der Waals surface area contributed by atoms with Gasteiger partial charge in [-0.05, 0) is 0 Å². The Labute approximate surface area is 230 Å². The second kappa shape index (κ2) is 36.5. The normalized spacial score (nSPS) is 11.5. The summed E-state index contributed by atoms with van der Waals surface area (Å²) in [6.07, 6.45) is 0. The second-order valence-corrected chi connectivity index (χ2v) is 7.93. The Morgan fingerprint density at radius 1 is 0.342 bits per heavy atom. The predicted molar refractivity (Wildman–Crippen MR) is 146 cm³/mol. The summed E-state index contributed by atoms with van der Waals surface area (Å²) in [7, 11) is 1.70. The van der Waals surface area contributed by atoms with Gasteiger partial charge >= 0.3 is 0 Å². The molecular weight excluding hydrogens is 500 g/mol. The Hall–Kier alpha value is -0.520. The van der Waals surface area contributed by atoms with Crippen molar-refractivity contribution in [3.05, 3.63) is 0 Å². The van der Waals surface area contributed by atoms with Crippen molar-refractivity contribution in [2.75, 3.05) is 165 Å². The van der Waals surface area contributed by atoms with Crippen molar-refractivity contribution in [1.82, 2.24) is 16.0 Å². The van der Waals surface area contributed by atoms with Gasteiger partial charge in [-0.3, -0.25) is 0 Å². The van der Waals surface area contributed by atoms with Crippen LogP contribution in [0, 0.1) is 0 Å². The first-order valence-electron chi connectivity index (χ1n) is 13.8. The fourth-order valence-electron chi connectivity index (χ4n) is 2.76. The zero-order chi connectivity index (χ0) is 27.5. The quantitative estimate of drug-likeness (QED) is 0.0672. The van der Waals surface area contributed by atoms with E-state index in [1.807, 2.05) is 0 Å². The monoisotopic (exact) mass is 556 g/mol. The van der Waals surface area contributed by atoms with Gasteiger partial charge in [0.25, 0.3) is 0 Å². The molecule has 0 radical (unpaired) electrons. The third-order valence-electron chi connectivity index (χ3n) is 4.72. The van der Waals surface area contributed by atoms with Crippen molar-refractivity contribution in [3.63, 3.8) is 0 Å². The first-order chi connectivity index (χ1) is 18.9. The summed E-state index contributed by atoms with van der Waals surface area (Å²) in [4.78, 5) is 0. The lowest BCUT2D eigenvalue weighted by Gasteiger charge is -2.09. The minimum atomic E-state index is 0.531. The maximum atomic E-state index is 5.58. The van der Waals surface area contributed by atoms with E-state index in [0.717, 1.165) is 45.9 Å². The van der Waals surface area contributed by atoms with Gasteiger partial charge in [-0.15, -0.1) is 0 Å². The molecule has 0 amide bonds. The van der Waals surface area contributed by atoms with Gasteiger partial charge in [-0.2, -0.15) is 0 Å². The lowest BCUT2D eigenvalue weighted by Crippen LogP contribution is -2.28. The van der Waals surface area contributed by atoms with Crippen LogP contribution in [0.1, 0.15) is 0 Å². The number of nitrogens with one attached hydrogen (secondary N) is 3. The minimum absolute atomic E-state index is 0.531. The molecule has 0 aliphatic rings. The third kappa shape index (κ3) is 35.5. The molecule has 0 heterocycles. The summed E-state index contributed by atoms with van der Waals surface area (Å²) >= 11 is 0. The molecule has 13 nitrogen and oxygen atoms in total. The molecule has 0 aromatic heterocycles. The van der Waals surface area contributed by atoms with Crippen molar-refractivity contribution < 1.29 is 42.6 Å². The summed E-state index contributed by atoms with van der Waals surface area (Å²) in [5.41, 5.74) is 5.33. The lowest BCUT2D eigenvalue weighted by atomic mass is 10.5. The van der Waals surface area contributed by atoms with Crippen LogP contribution in [-0.2, 0) is 42.6 Å². The van der Waals surface area contributed by atoms with Crippen LogP contribution in [0.2, 0.25) is 0 Å². The van der Waals surface area contributed by atoms with E-state index in [2.05, 4.69) is 16.0 Å². The molecule has 38 heavy (non-hydrogen) atoms. The molecule has 0 saturated heterocycles. The molecule has 0 spiro atoms. The average Bonchev–Trinajstić information content (AvgIpc) is 2.93. The zero-order valence-electron chi connectivity index (χ0n) is 23.7. The van der Waals surface area contributed by atoms with Gasteiger partial charge in [0.2, 0.25) is 0 Å². The summed E-state index contributed by atoms with van der Waals surface area (Å²) in [6.45, 7) is 15.6. The smallest absolute Gasteiger partial charge is 0.0701 e. The second-order valence-electron chi connectivity index (χ2n) is 7.93. The number of nitrogens with two attached hydrogens (primary N) is 1. The summed E-state index contributed by atoms with van der Waals surface area (Å²) in [5.74, 6) is 0. The molecule has 0 rings (SSSR count). The van der Waals surface area contributed by atoms with Gasteiger partial charge < -0.3 is 64.3 Å². The summed E-state index contributed by atoms with van der Waals surface area (Å²) in [6, 6.07) is 0. The highest BCUT2D eigenvalue weighted by molar-refractivity contribution is 4.49. The molecule has 0 aromatic rings. The van der Waals surface area contributed by atoms with Gasteiger partial charge in [-0.25, -0.2) is 0 Å². The Bertz CT molecular complexity index is 383. The molecule has 0 saturated carbocycles. The molecule has 0 aliphatic heterocycles. The summed E-state index contributed by atoms with van der Waals surface area (Å²) in [5, 5.41) is 9.82. The van der Waals surface area contributed by atoms with Crippen LogP contribution >= 0.6 is 0 Å². The lowest BCUT2D eigenvalue weighted by molar-refractivity contribution is -0.0162. The Kier molecular flexibility index (Phi) is 36.0. The van der Waals surface area contributed by atoms with Gasteiger partial charge in [0.05, 0.1) is 112 Å². The molecule has 0 bridgehead atoms. The Balaban J connectivity index is 3.01. The Morgan fingerprint density at radius 3 is 0.868 bits per heavy atom. The fourth-order valence-corrected chi connectivity index (χ4v) is 2.76. The van der Waals surface area contributed by atoms with Crippen LogP contribution in [0.25, 0.3) is 0 Å². The highest BCUT2D eigenvalue weighted by Gasteiger charge is 1.95. The first-order valence-corrected chi connectivity index (χ1v) is 13.8. The molecular formula is C25H56N4O9. The SMILES string of the molecule is COCCNCCOCCNCCOCCNCCOCCOCCOCCOCCOCCOCCN. The van der Waals surface area contributed by atoms with E-state index in [4.69, 9.17) is 48.4 Å².